The van der Waals surface area contributed by atoms with Crippen LogP contribution in [0.2, 0.25) is 0 Å². The molecule has 53 heteroatoms. The standard InChI is InChI=1S/2C24H27F2N9O2.C23H24F2N8O3.C21H20F4N8O2/c2*25-15-9-29-22-19(21(27)31-35(22)12-15)23(36)30-18-11-28-10-17(26)20(18)33-5-1-14(2-6-33)24(37)34-8-7-32-4-3-16(34)13-32;24-14-5-28-20-17(19(26)30-33(20)8-14)21(34)29-16-7-27-6-15(25)18(16)31-3-1-13(2-4-31)22(35)32-9-23(10-32)11-36-12-23;22-12-5-28-18-15(17(26)30-33(18)8-12)19(34)29-14-7-27-6-13(23)16(14)31-3-1-11(2-4-31)20(35)32-9-21(24,25)10-32/h2*9-12,14,16H,1-8,13H2,(H2,27,31)(H,30,36);5-8,13H,1-4,9-12H2,(H2,26,30)(H,29,34);5-8,11H,1-4,9-10H2,(H2,26,30)(H,29,34)/t2*16-;;/m10../s1. The van der Waals surface area contributed by atoms with Gasteiger partial charge in [-0.3, -0.25) is 68.1 Å². The molecule has 11 aliphatic rings. The van der Waals surface area contributed by atoms with E-state index in [-0.39, 0.29) is 173 Å². The first kappa shape index (κ1) is 96.9. The van der Waals surface area contributed by atoms with Crippen molar-refractivity contribution in [1.82, 2.24) is 108 Å². The van der Waals surface area contributed by atoms with Crippen LogP contribution < -0.4 is 63.8 Å². The SMILES string of the molecule is Nc1nn2cc(F)cnc2c1C(=O)Nc1cncc(F)c1N1CCC(C(=O)N2CC(F)(F)C2)CC1.Nc1nn2cc(F)cnc2c1C(=O)Nc1cncc(F)c1N1CCC(C(=O)N2CC3(COC3)C2)CC1.Nc1nn2cc(F)cnc2c1C(=O)Nc1cncc(F)c1N1CCC(C(=O)N2CCN3CC[C@@H]2C3)CC1.Nc1nn2cc(F)cnc2c1C(=O)Nc1cncc(F)c1N1CCC(C(=O)N2CCN3CC[C@H]2C3)CC1. The number of nitrogens with two attached hydrogens (primary N) is 4. The number of rotatable bonds is 16. The van der Waals surface area contributed by atoms with Crippen molar-refractivity contribution < 1.29 is 87.0 Å². The zero-order valence-electron chi connectivity index (χ0n) is 77.7. The van der Waals surface area contributed by atoms with Gasteiger partial charge in [0.25, 0.3) is 29.6 Å². The smallest absolute Gasteiger partial charge is 0.282 e. The summed E-state index contributed by atoms with van der Waals surface area (Å²) in [5, 5.41) is 26.2. The Bertz CT molecular complexity index is 6860. The lowest BCUT2D eigenvalue weighted by molar-refractivity contribution is -0.197. The van der Waals surface area contributed by atoms with Gasteiger partial charge in [0.15, 0.2) is 92.4 Å². The van der Waals surface area contributed by atoms with Gasteiger partial charge in [0, 0.05) is 154 Å². The molecule has 43 nitrogen and oxygen atoms in total. The molecule has 0 aromatic carbocycles. The number of carbonyl (C=O) groups excluding carboxylic acids is 8. The number of aromatic nitrogens is 16. The maximum atomic E-state index is 15.0. The van der Waals surface area contributed by atoms with Crippen LogP contribution in [0, 0.1) is 75.6 Å². The molecule has 145 heavy (non-hydrogen) atoms. The molecular weight excluding hydrogens is 1920 g/mol. The van der Waals surface area contributed by atoms with Crippen molar-refractivity contribution in [3.05, 3.63) is 168 Å². The average molecular weight is 2010 g/mol. The summed E-state index contributed by atoms with van der Waals surface area (Å²) in [6.07, 6.45) is 23.8. The maximum Gasteiger partial charge on any atom is 0.282 e. The monoisotopic (exact) mass is 2010 g/mol. The van der Waals surface area contributed by atoms with Crippen molar-refractivity contribution in [2.45, 2.75) is 82.2 Å². The fourth-order valence-corrected chi connectivity index (χ4v) is 21.2. The summed E-state index contributed by atoms with van der Waals surface area (Å²) in [6.45, 7) is 12.5. The zero-order valence-corrected chi connectivity index (χ0v) is 77.7. The number of nitrogens with zero attached hydrogens (tertiary/aromatic N) is 26. The Morgan fingerprint density at radius 1 is 0.324 bits per heavy atom. The molecular formula is C92H98F10N34O9. The Kier molecular flexibility index (Phi) is 26.5. The Morgan fingerprint density at radius 2 is 0.586 bits per heavy atom. The highest BCUT2D eigenvalue weighted by molar-refractivity contribution is 6.15. The highest BCUT2D eigenvalue weighted by atomic mass is 19.3. The quantitative estimate of drug-likeness (QED) is 0.0515. The Morgan fingerprint density at radius 3 is 0.841 bits per heavy atom. The maximum absolute atomic E-state index is 15.0. The molecule has 11 aliphatic heterocycles. The van der Waals surface area contributed by atoms with Crippen LogP contribution in [-0.2, 0) is 23.9 Å². The number of piperazine rings is 2. The van der Waals surface area contributed by atoms with E-state index in [9.17, 15) is 73.5 Å². The number of hydrogen-bond donors (Lipinski definition) is 8. The lowest BCUT2D eigenvalue weighted by Crippen LogP contribution is -2.68. The molecule has 8 amide bonds. The summed E-state index contributed by atoms with van der Waals surface area (Å²) < 4.78 is 149. The normalized spacial score (nSPS) is 20.3. The first-order chi connectivity index (χ1) is 69.7. The second-order valence-corrected chi connectivity index (χ2v) is 37.9. The molecule has 2 unspecified atom stereocenters. The van der Waals surface area contributed by atoms with E-state index in [1.807, 2.05) is 24.5 Å². The van der Waals surface area contributed by atoms with E-state index in [0.717, 1.165) is 189 Å². The number of nitrogen functional groups attached to an aromatic ring is 4. The molecule has 0 radical (unpaired) electrons. The number of likely N-dealkylation sites (tertiary alicyclic amines) is 2. The van der Waals surface area contributed by atoms with E-state index in [1.165, 1.54) is 24.8 Å². The highest BCUT2D eigenvalue weighted by Gasteiger charge is 2.53. The number of carbonyl (C=O) groups is 8. The van der Waals surface area contributed by atoms with Gasteiger partial charge in [-0.1, -0.05) is 0 Å². The number of piperidine rings is 4. The summed E-state index contributed by atoms with van der Waals surface area (Å²) in [4.78, 5) is 154. The zero-order chi connectivity index (χ0) is 101. The van der Waals surface area contributed by atoms with E-state index in [1.54, 1.807) is 9.80 Å². The van der Waals surface area contributed by atoms with E-state index >= 15 is 8.78 Å². The van der Waals surface area contributed by atoms with E-state index in [4.69, 9.17) is 27.7 Å². The Balaban J connectivity index is 0.000000118. The van der Waals surface area contributed by atoms with Crippen molar-refractivity contribution in [3.63, 3.8) is 0 Å². The van der Waals surface area contributed by atoms with Gasteiger partial charge < -0.3 is 88.1 Å². The van der Waals surface area contributed by atoms with Gasteiger partial charge in [0.05, 0.1) is 154 Å². The van der Waals surface area contributed by atoms with E-state index < -0.39 is 95.1 Å². The van der Waals surface area contributed by atoms with Crippen LogP contribution in [0.1, 0.15) is 106 Å². The lowest BCUT2D eigenvalue weighted by atomic mass is 9.77. The summed E-state index contributed by atoms with van der Waals surface area (Å²) in [6, 6.07) is 0.606. The average Bonchev–Trinajstić information content (AvgIpc) is 1.69. The molecule has 12 N–H and O–H groups in total. The Labute approximate surface area is 817 Å². The number of amides is 8. The molecule has 760 valence electrons. The van der Waals surface area contributed by atoms with Gasteiger partial charge in [-0.15, -0.1) is 20.4 Å². The number of alkyl halides is 2. The van der Waals surface area contributed by atoms with Crippen molar-refractivity contribution in [2.75, 3.05) is 208 Å². The number of halogens is 10. The van der Waals surface area contributed by atoms with Crippen molar-refractivity contribution in [3.8, 4) is 0 Å². The molecule has 1 spiro atoms. The van der Waals surface area contributed by atoms with Gasteiger partial charge in [-0.05, 0) is 64.2 Å². The molecule has 23 heterocycles. The first-order valence-electron chi connectivity index (χ1n) is 47.3. The van der Waals surface area contributed by atoms with Gasteiger partial charge in [0.1, 0.15) is 45.0 Å². The van der Waals surface area contributed by atoms with E-state index in [2.05, 4.69) is 91.3 Å². The van der Waals surface area contributed by atoms with Crippen LogP contribution in [0.15, 0.2) is 99.1 Å². The third-order valence-electron chi connectivity index (χ3n) is 28.5. The van der Waals surface area contributed by atoms with E-state index in [0.29, 0.717) is 103 Å². The number of fused-ring (bicyclic) bond motifs is 8. The first-order valence-corrected chi connectivity index (χ1v) is 47.3. The summed E-state index contributed by atoms with van der Waals surface area (Å²) in [5.74, 6) is -11.8. The second-order valence-electron chi connectivity index (χ2n) is 37.9. The minimum Gasteiger partial charge on any atom is -0.381 e. The van der Waals surface area contributed by atoms with Crippen LogP contribution in [-0.4, -0.2) is 317 Å². The predicted octanol–water partition coefficient (Wildman–Crippen LogP) is 5.98. The summed E-state index contributed by atoms with van der Waals surface area (Å²) in [7, 11) is 0. The number of pyridine rings is 4. The summed E-state index contributed by atoms with van der Waals surface area (Å²) in [5.41, 5.74) is 24.9. The molecule has 12 aromatic heterocycles. The van der Waals surface area contributed by atoms with Crippen LogP contribution in [0.3, 0.4) is 0 Å². The van der Waals surface area contributed by atoms with Crippen molar-refractivity contribution in [2.24, 2.45) is 29.1 Å². The van der Waals surface area contributed by atoms with Crippen molar-refractivity contribution in [1.29, 1.82) is 0 Å². The third kappa shape index (κ3) is 19.5. The van der Waals surface area contributed by atoms with Crippen LogP contribution >= 0.6 is 0 Å². The third-order valence-corrected chi connectivity index (χ3v) is 28.5. The Hall–Kier alpha value is -15.6. The number of hydrogen-bond acceptors (Lipinski definition) is 31. The number of anilines is 12. The minimum atomic E-state index is -2.84. The van der Waals surface area contributed by atoms with Gasteiger partial charge >= 0.3 is 0 Å². The summed E-state index contributed by atoms with van der Waals surface area (Å²) >= 11 is 0. The lowest BCUT2D eigenvalue weighted by Gasteiger charge is -2.55. The van der Waals surface area contributed by atoms with Gasteiger partial charge in [-0.25, -0.2) is 81.9 Å². The van der Waals surface area contributed by atoms with Crippen molar-refractivity contribution >= 4 is 139 Å². The highest BCUT2D eigenvalue weighted by Crippen LogP contribution is 2.44. The van der Waals surface area contributed by atoms with Crippen LogP contribution in [0.25, 0.3) is 22.6 Å². The van der Waals surface area contributed by atoms with Gasteiger partial charge in [-0.2, -0.15) is 0 Å². The van der Waals surface area contributed by atoms with Gasteiger partial charge in [0.2, 0.25) is 23.6 Å². The molecule has 4 atom stereocenters. The topological polar surface area (TPSA) is 503 Å². The van der Waals surface area contributed by atoms with Crippen LogP contribution in [0.4, 0.5) is 113 Å². The molecule has 4 bridgehead atoms. The molecule has 11 fully saturated rings. The fourth-order valence-electron chi connectivity index (χ4n) is 21.2. The molecule has 0 saturated carbocycles. The second kappa shape index (κ2) is 39.6. The molecule has 12 aromatic rings. The molecule has 0 aliphatic carbocycles. The molecule has 23 rings (SSSR count). The number of ether oxygens (including phenoxy) is 1. The largest absolute Gasteiger partial charge is 0.381 e. The molecule has 11 saturated heterocycles. The van der Waals surface area contributed by atoms with Crippen LogP contribution in [0.5, 0.6) is 0 Å². The predicted molar refractivity (Wildman–Crippen MR) is 502 cm³/mol. The minimum absolute atomic E-state index is 0.0169. The fraction of sp³-hybridized carbons (Fsp3) is 0.435. The number of nitrogens with one attached hydrogen (secondary N) is 4.